The van der Waals surface area contributed by atoms with Gasteiger partial charge in [-0.2, -0.15) is 0 Å². The van der Waals surface area contributed by atoms with Gasteiger partial charge in [-0.15, -0.1) is 0 Å². The second kappa shape index (κ2) is 10.2. The quantitative estimate of drug-likeness (QED) is 0.560. The maximum atomic E-state index is 12.8. The Bertz CT molecular complexity index is 927. The Morgan fingerprint density at radius 2 is 1.91 bits per heavy atom. The van der Waals surface area contributed by atoms with E-state index in [0.717, 1.165) is 25.7 Å². The lowest BCUT2D eigenvalue weighted by Crippen LogP contribution is -2.54. The van der Waals surface area contributed by atoms with Crippen molar-refractivity contribution in [3.05, 3.63) is 24.3 Å². The number of rotatable bonds is 1. The van der Waals surface area contributed by atoms with E-state index in [2.05, 4.69) is 10.0 Å². The van der Waals surface area contributed by atoms with Crippen LogP contribution in [0.2, 0.25) is 0 Å². The van der Waals surface area contributed by atoms with Crippen LogP contribution >= 0.6 is 0 Å². The molecule has 1 aromatic carbocycles. The van der Waals surface area contributed by atoms with Crippen molar-refractivity contribution >= 4 is 16.1 Å². The van der Waals surface area contributed by atoms with Crippen LogP contribution in [0.4, 0.5) is 4.79 Å². The average Bonchev–Trinajstić information content (AvgIpc) is 3.29. The number of urea groups is 1. The maximum absolute atomic E-state index is 12.8. The van der Waals surface area contributed by atoms with Crippen LogP contribution in [-0.2, 0) is 10.0 Å². The van der Waals surface area contributed by atoms with Crippen LogP contribution in [0, 0.1) is 5.41 Å². The van der Waals surface area contributed by atoms with Crippen molar-refractivity contribution in [2.24, 2.45) is 5.41 Å². The molecule has 1 spiro atoms. The molecule has 1 unspecified atom stereocenters. The number of carbonyl (C=O) groups is 1. The zero-order chi connectivity index (χ0) is 23.5. The first kappa shape index (κ1) is 24.3. The summed E-state index contributed by atoms with van der Waals surface area (Å²) in [7, 11) is -1.88. The molecule has 1 saturated carbocycles. The third-order valence-corrected chi connectivity index (χ3v) is 8.57. The number of hydrogen-bond donors (Lipinski definition) is 3. The summed E-state index contributed by atoms with van der Waals surface area (Å²) in [5.41, 5.74) is -0.248. The number of ether oxygens (including phenoxy) is 1. The smallest absolute Gasteiger partial charge is 0.317 e. The second-order valence-electron chi connectivity index (χ2n) is 9.86. The van der Waals surface area contributed by atoms with Crippen LogP contribution < -0.4 is 14.8 Å². The fourth-order valence-corrected chi connectivity index (χ4v) is 6.45. The van der Waals surface area contributed by atoms with E-state index in [1.807, 2.05) is 16.8 Å². The molecule has 3 N–H and O–H groups in total. The van der Waals surface area contributed by atoms with Gasteiger partial charge in [0.2, 0.25) is 10.0 Å². The van der Waals surface area contributed by atoms with Crippen molar-refractivity contribution in [2.45, 2.75) is 55.6 Å². The highest BCUT2D eigenvalue weighted by Gasteiger charge is 2.39. The number of sulfonamides is 1. The number of benzene rings is 1. The van der Waals surface area contributed by atoms with E-state index in [-0.39, 0.29) is 28.9 Å². The highest BCUT2D eigenvalue weighted by atomic mass is 32.2. The summed E-state index contributed by atoms with van der Waals surface area (Å²) in [6.07, 6.45) is 5.14. The summed E-state index contributed by atoms with van der Waals surface area (Å²) in [4.78, 5) is 16.7. The minimum absolute atomic E-state index is 0.0112. The Morgan fingerprint density at radius 1 is 1.21 bits per heavy atom. The fourth-order valence-electron chi connectivity index (χ4n) is 5.24. The number of para-hydroxylation sites is 1. The van der Waals surface area contributed by atoms with E-state index in [9.17, 15) is 18.3 Å². The van der Waals surface area contributed by atoms with Gasteiger partial charge in [0.1, 0.15) is 10.6 Å². The molecule has 2 amide bonds. The molecule has 3 aliphatic rings. The van der Waals surface area contributed by atoms with Gasteiger partial charge < -0.3 is 25.0 Å². The first-order valence-corrected chi connectivity index (χ1v) is 13.4. The molecule has 2 aliphatic heterocycles. The molecule has 4 rings (SSSR count). The lowest BCUT2D eigenvalue weighted by Gasteiger charge is -2.44. The van der Waals surface area contributed by atoms with Gasteiger partial charge in [-0.25, -0.2) is 17.9 Å². The molecule has 1 atom stereocenters. The lowest BCUT2D eigenvalue weighted by molar-refractivity contribution is 0.0240. The van der Waals surface area contributed by atoms with Gasteiger partial charge in [-0.05, 0) is 44.9 Å². The van der Waals surface area contributed by atoms with E-state index in [4.69, 9.17) is 4.74 Å². The Morgan fingerprint density at radius 3 is 2.64 bits per heavy atom. The molecule has 1 saturated heterocycles. The molecule has 0 radical (unpaired) electrons. The van der Waals surface area contributed by atoms with Gasteiger partial charge in [-0.3, -0.25) is 0 Å². The Kier molecular flexibility index (Phi) is 7.47. The highest BCUT2D eigenvalue weighted by Crippen LogP contribution is 2.35. The monoisotopic (exact) mass is 480 g/mol. The first-order chi connectivity index (χ1) is 15.8. The third-order valence-electron chi connectivity index (χ3n) is 7.10. The van der Waals surface area contributed by atoms with Gasteiger partial charge >= 0.3 is 6.03 Å². The fraction of sp³-hybridized carbons (Fsp3) is 0.696. The summed E-state index contributed by atoms with van der Waals surface area (Å²) in [6.45, 7) is 2.57. The molecule has 1 aliphatic carbocycles. The van der Waals surface area contributed by atoms with Crippen LogP contribution in [0.25, 0.3) is 0 Å². The van der Waals surface area contributed by atoms with E-state index >= 15 is 0 Å². The molecular weight excluding hydrogens is 444 g/mol. The van der Waals surface area contributed by atoms with Gasteiger partial charge in [0.25, 0.3) is 0 Å². The number of amides is 2. The van der Waals surface area contributed by atoms with Gasteiger partial charge in [0.05, 0.1) is 12.7 Å². The van der Waals surface area contributed by atoms with E-state index in [1.165, 1.54) is 18.9 Å². The number of nitrogens with one attached hydrogen (secondary N) is 2. The standard InChI is InChI=1S/C23H36N4O5S/c1-26-15-19(28)14-24-33(30,31)21-9-5-4-8-20(21)32-17-23(16-26)10-12-27(13-11-23)22(29)25-18-6-2-3-7-18/h4-5,8-9,18-19,24,28H,2-3,6-7,10-17H2,1H3,(H,25,29). The van der Waals surface area contributed by atoms with Crippen LogP contribution in [0.3, 0.4) is 0 Å². The summed E-state index contributed by atoms with van der Waals surface area (Å²) in [6, 6.07) is 6.90. The summed E-state index contributed by atoms with van der Waals surface area (Å²) < 4.78 is 34.2. The number of aliphatic hydroxyl groups excluding tert-OH is 1. The first-order valence-electron chi connectivity index (χ1n) is 11.9. The Balaban J connectivity index is 1.50. The van der Waals surface area contributed by atoms with Crippen molar-refractivity contribution in [2.75, 3.05) is 46.4 Å². The molecule has 2 fully saturated rings. The molecule has 10 heteroatoms. The predicted octanol–water partition coefficient (Wildman–Crippen LogP) is 1.38. The lowest BCUT2D eigenvalue weighted by atomic mass is 9.78. The normalized spacial score (nSPS) is 26.6. The number of carbonyl (C=O) groups excluding carboxylic acids is 1. The van der Waals surface area contributed by atoms with Gasteiger partial charge in [0.15, 0.2) is 0 Å². The summed E-state index contributed by atoms with van der Waals surface area (Å²) in [5.74, 6) is 0.309. The Labute approximate surface area is 196 Å². The molecule has 0 bridgehead atoms. The molecule has 33 heavy (non-hydrogen) atoms. The number of β-amino-alcohol motifs (C(OH)–C–C–N with tert-alkyl or cyclic N) is 1. The van der Waals surface area contributed by atoms with Gasteiger partial charge in [0, 0.05) is 44.2 Å². The number of likely N-dealkylation sites (tertiary alicyclic amines) is 1. The number of fused-ring (bicyclic) bond motifs is 1. The molecule has 1 aromatic rings. The number of piperidine rings is 1. The zero-order valence-corrected chi connectivity index (χ0v) is 20.1. The van der Waals surface area contributed by atoms with E-state index in [0.29, 0.717) is 38.5 Å². The third kappa shape index (κ3) is 5.98. The van der Waals surface area contributed by atoms with Crippen molar-refractivity contribution in [1.82, 2.24) is 19.8 Å². The van der Waals surface area contributed by atoms with Crippen molar-refractivity contribution in [1.29, 1.82) is 0 Å². The molecule has 184 valence electrons. The van der Waals surface area contributed by atoms with Gasteiger partial charge in [-0.1, -0.05) is 25.0 Å². The van der Waals surface area contributed by atoms with Crippen LogP contribution in [0.15, 0.2) is 29.2 Å². The SMILES string of the molecule is CN1CC(O)CNS(=O)(=O)c2ccccc2OCC2(CCN(C(=O)NC3CCCC3)CC2)C1. The number of likely N-dealkylation sites (N-methyl/N-ethyl adjacent to an activating group) is 1. The summed E-state index contributed by atoms with van der Waals surface area (Å²) >= 11 is 0. The molecule has 9 nitrogen and oxygen atoms in total. The van der Waals surface area contributed by atoms with Crippen LogP contribution in [0.5, 0.6) is 5.75 Å². The van der Waals surface area contributed by atoms with Crippen LogP contribution in [0.1, 0.15) is 38.5 Å². The topological polar surface area (TPSA) is 111 Å². The minimum Gasteiger partial charge on any atom is -0.492 e. The highest BCUT2D eigenvalue weighted by molar-refractivity contribution is 7.89. The van der Waals surface area contributed by atoms with Crippen LogP contribution in [-0.4, -0.2) is 87.9 Å². The zero-order valence-electron chi connectivity index (χ0n) is 19.3. The predicted molar refractivity (Wildman–Crippen MR) is 125 cm³/mol. The Hall–Kier alpha value is -1.88. The maximum Gasteiger partial charge on any atom is 0.317 e. The number of hydrogen-bond acceptors (Lipinski definition) is 6. The second-order valence-corrected chi connectivity index (χ2v) is 11.6. The average molecular weight is 481 g/mol. The van der Waals surface area contributed by atoms with Crippen molar-refractivity contribution in [3.8, 4) is 5.75 Å². The van der Waals surface area contributed by atoms with Crippen molar-refractivity contribution in [3.63, 3.8) is 0 Å². The summed E-state index contributed by atoms with van der Waals surface area (Å²) in [5, 5.41) is 13.6. The van der Waals surface area contributed by atoms with E-state index < -0.39 is 16.1 Å². The number of aliphatic hydroxyl groups is 1. The molecular formula is C23H36N4O5S. The molecule has 0 aromatic heterocycles. The molecule has 2 heterocycles. The minimum atomic E-state index is -3.81. The van der Waals surface area contributed by atoms with E-state index in [1.54, 1.807) is 18.2 Å². The number of nitrogens with zero attached hydrogens (tertiary/aromatic N) is 2. The largest absolute Gasteiger partial charge is 0.492 e. The van der Waals surface area contributed by atoms with Crippen molar-refractivity contribution < 1.29 is 23.1 Å².